The summed E-state index contributed by atoms with van der Waals surface area (Å²) < 4.78 is 1.94. The highest BCUT2D eigenvalue weighted by Crippen LogP contribution is 2.24. The van der Waals surface area contributed by atoms with E-state index < -0.39 is 0 Å². The van der Waals surface area contributed by atoms with Gasteiger partial charge in [0.15, 0.2) is 15.9 Å². The van der Waals surface area contributed by atoms with E-state index in [1.54, 1.807) is 5.38 Å². The number of nitrogens with zero attached hydrogens (tertiary/aromatic N) is 3. The molecule has 0 spiro atoms. The highest BCUT2D eigenvalue weighted by Gasteiger charge is 2.14. The third kappa shape index (κ3) is 3.29. The van der Waals surface area contributed by atoms with Gasteiger partial charge in [-0.3, -0.25) is 14.0 Å². The molecule has 130 valence electrons. The smallest absolute Gasteiger partial charge is 0.232 e. The summed E-state index contributed by atoms with van der Waals surface area (Å²) in [7, 11) is 0. The predicted octanol–water partition coefficient (Wildman–Crippen LogP) is 3.90. The number of carbonyl (C=O) groups is 2. The fourth-order valence-electron chi connectivity index (χ4n) is 2.53. The minimum absolute atomic E-state index is 0.117. The zero-order valence-electron chi connectivity index (χ0n) is 13.8. The van der Waals surface area contributed by atoms with E-state index in [1.807, 2.05) is 46.3 Å². The molecule has 6 nitrogen and oxygen atoms in total. The van der Waals surface area contributed by atoms with Crippen molar-refractivity contribution in [2.45, 2.75) is 13.3 Å². The Balaban J connectivity index is 1.52. The summed E-state index contributed by atoms with van der Waals surface area (Å²) in [6.45, 7) is 1.45. The molecule has 8 heteroatoms. The predicted molar refractivity (Wildman–Crippen MR) is 103 cm³/mol. The number of thiazole rings is 2. The Morgan fingerprint density at radius 2 is 1.92 bits per heavy atom. The van der Waals surface area contributed by atoms with Crippen LogP contribution in [-0.2, 0) is 11.2 Å². The molecule has 0 radical (unpaired) electrons. The number of aromatic nitrogens is 3. The molecule has 0 saturated heterocycles. The molecule has 1 aromatic carbocycles. The minimum atomic E-state index is -0.177. The van der Waals surface area contributed by atoms with Crippen LogP contribution in [0.5, 0.6) is 0 Å². The molecule has 1 N–H and O–H groups in total. The number of rotatable bonds is 5. The number of fused-ring (bicyclic) bond motifs is 1. The van der Waals surface area contributed by atoms with Crippen LogP contribution in [-0.4, -0.2) is 26.1 Å². The molecular weight excluding hydrogens is 368 g/mol. The van der Waals surface area contributed by atoms with E-state index in [2.05, 4.69) is 15.3 Å². The van der Waals surface area contributed by atoms with E-state index in [-0.39, 0.29) is 18.1 Å². The third-order valence-corrected chi connectivity index (χ3v) is 5.45. The van der Waals surface area contributed by atoms with E-state index in [0.717, 1.165) is 21.9 Å². The van der Waals surface area contributed by atoms with Crippen LogP contribution in [0.2, 0.25) is 0 Å². The molecule has 4 aromatic rings. The molecule has 0 aliphatic heterocycles. The van der Waals surface area contributed by atoms with Crippen molar-refractivity contribution in [2.75, 3.05) is 5.32 Å². The Labute approximate surface area is 157 Å². The van der Waals surface area contributed by atoms with Crippen LogP contribution in [0.25, 0.3) is 16.2 Å². The van der Waals surface area contributed by atoms with Gasteiger partial charge in [-0.2, -0.15) is 0 Å². The Kier molecular flexibility index (Phi) is 4.36. The van der Waals surface area contributed by atoms with Gasteiger partial charge >= 0.3 is 0 Å². The van der Waals surface area contributed by atoms with E-state index >= 15 is 0 Å². The van der Waals surface area contributed by atoms with Crippen LogP contribution in [0.1, 0.15) is 23.1 Å². The van der Waals surface area contributed by atoms with Crippen LogP contribution >= 0.6 is 22.7 Å². The van der Waals surface area contributed by atoms with E-state index in [1.165, 1.54) is 29.6 Å². The lowest BCUT2D eigenvalue weighted by molar-refractivity contribution is -0.115. The number of hydrogen-bond donors (Lipinski definition) is 1. The summed E-state index contributed by atoms with van der Waals surface area (Å²) in [5.74, 6) is -0.294. The zero-order valence-corrected chi connectivity index (χ0v) is 15.4. The maximum Gasteiger partial charge on any atom is 0.232 e. The SMILES string of the molecule is CC(=O)c1csc(NC(=O)Cc2csc3nc(-c4ccccc4)cn23)n1. The van der Waals surface area contributed by atoms with Crippen molar-refractivity contribution in [3.63, 3.8) is 0 Å². The van der Waals surface area contributed by atoms with Crippen molar-refractivity contribution in [3.05, 3.63) is 58.7 Å². The highest BCUT2D eigenvalue weighted by atomic mass is 32.1. The molecule has 4 rings (SSSR count). The summed E-state index contributed by atoms with van der Waals surface area (Å²) in [6.07, 6.45) is 2.15. The second kappa shape index (κ2) is 6.81. The monoisotopic (exact) mass is 382 g/mol. The van der Waals surface area contributed by atoms with Gasteiger partial charge in [0.05, 0.1) is 12.1 Å². The van der Waals surface area contributed by atoms with Gasteiger partial charge < -0.3 is 5.32 Å². The van der Waals surface area contributed by atoms with E-state index in [0.29, 0.717) is 10.8 Å². The van der Waals surface area contributed by atoms with Crippen LogP contribution in [0.3, 0.4) is 0 Å². The van der Waals surface area contributed by atoms with Crippen molar-refractivity contribution in [1.82, 2.24) is 14.4 Å². The van der Waals surface area contributed by atoms with Crippen molar-refractivity contribution >= 4 is 44.5 Å². The van der Waals surface area contributed by atoms with Gasteiger partial charge in [0.1, 0.15) is 5.69 Å². The summed E-state index contributed by atoms with van der Waals surface area (Å²) >= 11 is 2.74. The van der Waals surface area contributed by atoms with Crippen molar-refractivity contribution < 1.29 is 9.59 Å². The molecule has 0 aliphatic carbocycles. The highest BCUT2D eigenvalue weighted by molar-refractivity contribution is 7.15. The first-order valence-corrected chi connectivity index (χ1v) is 9.63. The maximum absolute atomic E-state index is 12.3. The van der Waals surface area contributed by atoms with Crippen molar-refractivity contribution in [1.29, 1.82) is 0 Å². The molecule has 0 fully saturated rings. The quantitative estimate of drug-likeness (QED) is 0.531. The molecule has 1 amide bonds. The fraction of sp³-hybridized carbons (Fsp3) is 0.111. The lowest BCUT2D eigenvalue weighted by atomic mass is 10.2. The van der Waals surface area contributed by atoms with Gasteiger partial charge in [-0.1, -0.05) is 30.3 Å². The van der Waals surface area contributed by atoms with Gasteiger partial charge in [-0.05, 0) is 0 Å². The molecule has 3 aromatic heterocycles. The fourth-order valence-corrected chi connectivity index (χ4v) is 4.16. The maximum atomic E-state index is 12.3. The molecule has 26 heavy (non-hydrogen) atoms. The number of imidazole rings is 1. The van der Waals surface area contributed by atoms with Crippen molar-refractivity contribution in [3.8, 4) is 11.3 Å². The van der Waals surface area contributed by atoms with E-state index in [9.17, 15) is 9.59 Å². The number of benzene rings is 1. The number of ketones is 1. The molecule has 3 heterocycles. The minimum Gasteiger partial charge on any atom is -0.302 e. The molecule has 0 atom stereocenters. The van der Waals surface area contributed by atoms with E-state index in [4.69, 9.17) is 0 Å². The standard InChI is InChI=1S/C18H14N4O2S2/c1-11(23)15-10-25-17(19-15)21-16(24)7-13-9-26-18-20-14(8-22(13)18)12-5-3-2-4-6-12/h2-6,8-10H,7H2,1H3,(H,19,21,24). The lowest BCUT2D eigenvalue weighted by Gasteiger charge is -2.01. The summed E-state index contributed by atoms with van der Waals surface area (Å²) in [5, 5.41) is 6.75. The number of Topliss-reactive ketones (excluding diaryl/α,β-unsaturated/α-hetero) is 1. The largest absolute Gasteiger partial charge is 0.302 e. The van der Waals surface area contributed by atoms with Crippen LogP contribution in [0, 0.1) is 0 Å². The summed E-state index contributed by atoms with van der Waals surface area (Å²) in [5.41, 5.74) is 3.15. The Morgan fingerprint density at radius 3 is 2.65 bits per heavy atom. The van der Waals surface area contributed by atoms with Gasteiger partial charge in [0.2, 0.25) is 5.91 Å². The Hall–Kier alpha value is -2.84. The van der Waals surface area contributed by atoms with Gasteiger partial charge in [-0.15, -0.1) is 22.7 Å². The normalized spacial score (nSPS) is 11.0. The topological polar surface area (TPSA) is 76.4 Å². The molecular formula is C18H14N4O2S2. The zero-order chi connectivity index (χ0) is 18.1. The summed E-state index contributed by atoms with van der Waals surface area (Å²) in [6, 6.07) is 9.93. The number of amides is 1. The number of anilines is 1. The third-order valence-electron chi connectivity index (χ3n) is 3.81. The number of hydrogen-bond acceptors (Lipinski definition) is 6. The number of carbonyl (C=O) groups excluding carboxylic acids is 2. The summed E-state index contributed by atoms with van der Waals surface area (Å²) in [4.78, 5) is 33.2. The average molecular weight is 382 g/mol. The number of nitrogens with one attached hydrogen (secondary N) is 1. The van der Waals surface area contributed by atoms with Crippen LogP contribution < -0.4 is 5.32 Å². The first-order chi connectivity index (χ1) is 12.6. The molecule has 0 saturated carbocycles. The first kappa shape index (κ1) is 16.6. The van der Waals surface area contributed by atoms with Gasteiger partial charge in [-0.25, -0.2) is 9.97 Å². The van der Waals surface area contributed by atoms with Crippen molar-refractivity contribution in [2.24, 2.45) is 0 Å². The Bertz CT molecular complexity index is 1100. The first-order valence-electron chi connectivity index (χ1n) is 7.87. The second-order valence-electron chi connectivity index (χ2n) is 5.69. The van der Waals surface area contributed by atoms with Gasteiger partial charge in [0, 0.05) is 35.1 Å². The van der Waals surface area contributed by atoms with Crippen LogP contribution in [0.15, 0.2) is 47.3 Å². The lowest BCUT2D eigenvalue weighted by Crippen LogP contribution is -2.15. The molecule has 0 aliphatic rings. The van der Waals surface area contributed by atoms with Crippen LogP contribution in [0.4, 0.5) is 5.13 Å². The molecule has 0 unspecified atom stereocenters. The average Bonchev–Trinajstić information content (AvgIpc) is 3.33. The Morgan fingerprint density at radius 1 is 1.12 bits per heavy atom. The second-order valence-corrected chi connectivity index (χ2v) is 7.39. The van der Waals surface area contributed by atoms with Gasteiger partial charge in [0.25, 0.3) is 0 Å². The molecule has 0 bridgehead atoms.